The molecule has 17 heavy (non-hydrogen) atoms. The van der Waals surface area contributed by atoms with Gasteiger partial charge < -0.3 is 10.8 Å². The van der Waals surface area contributed by atoms with Crippen LogP contribution in [0.3, 0.4) is 0 Å². The molecule has 1 unspecified atom stereocenters. The molecular weight excluding hydrogens is 284 g/mol. The zero-order chi connectivity index (χ0) is 12.4. The predicted molar refractivity (Wildman–Crippen MR) is 68.8 cm³/mol. The van der Waals surface area contributed by atoms with Crippen LogP contribution in [-0.4, -0.2) is 22.1 Å². The zero-order valence-corrected chi connectivity index (χ0v) is 10.5. The van der Waals surface area contributed by atoms with Gasteiger partial charge in [-0.15, -0.1) is 0 Å². The first kappa shape index (κ1) is 12.0. The smallest absolute Gasteiger partial charge is 0.320 e. The van der Waals surface area contributed by atoms with E-state index in [1.807, 2.05) is 18.2 Å². The average Bonchev–Trinajstić information content (AvgIpc) is 2.29. The summed E-state index contributed by atoms with van der Waals surface area (Å²) in [7, 11) is 0. The minimum absolute atomic E-state index is 0.296. The largest absolute Gasteiger partial charge is 0.480 e. The van der Waals surface area contributed by atoms with E-state index in [1.165, 1.54) is 0 Å². The number of carbonyl (C=O) groups is 1. The van der Waals surface area contributed by atoms with Crippen LogP contribution in [-0.2, 0) is 11.2 Å². The minimum Gasteiger partial charge on any atom is -0.480 e. The second-order valence-corrected chi connectivity index (χ2v) is 4.70. The van der Waals surface area contributed by atoms with E-state index in [1.54, 1.807) is 12.3 Å². The maximum Gasteiger partial charge on any atom is 0.320 e. The molecule has 0 radical (unpaired) electrons. The third kappa shape index (κ3) is 2.62. The van der Waals surface area contributed by atoms with Crippen molar-refractivity contribution >= 4 is 32.8 Å². The third-order valence-corrected chi connectivity index (χ3v) is 3.04. The molecule has 1 atom stereocenters. The lowest BCUT2D eigenvalue weighted by molar-refractivity contribution is -0.138. The highest BCUT2D eigenvalue weighted by molar-refractivity contribution is 9.10. The minimum atomic E-state index is -0.995. The van der Waals surface area contributed by atoms with Crippen LogP contribution in [0.15, 0.2) is 34.9 Å². The van der Waals surface area contributed by atoms with Crippen molar-refractivity contribution in [1.29, 1.82) is 0 Å². The molecule has 0 fully saturated rings. The monoisotopic (exact) mass is 294 g/mol. The van der Waals surface area contributed by atoms with Gasteiger partial charge in [-0.2, -0.15) is 0 Å². The van der Waals surface area contributed by atoms with E-state index < -0.39 is 12.0 Å². The van der Waals surface area contributed by atoms with E-state index in [-0.39, 0.29) is 0 Å². The van der Waals surface area contributed by atoms with Crippen LogP contribution in [0.4, 0.5) is 0 Å². The molecule has 4 nitrogen and oxygen atoms in total. The Hall–Kier alpha value is -1.46. The second-order valence-electron chi connectivity index (χ2n) is 3.78. The lowest BCUT2D eigenvalue weighted by atomic mass is 10.0. The van der Waals surface area contributed by atoms with Gasteiger partial charge in [0.15, 0.2) is 0 Å². The molecule has 2 aromatic rings. The SMILES string of the molecule is NC(Cc1ccnc2ccc(Br)cc12)C(=O)O. The van der Waals surface area contributed by atoms with Crippen LogP contribution in [0.25, 0.3) is 10.9 Å². The van der Waals surface area contributed by atoms with Gasteiger partial charge in [0.2, 0.25) is 0 Å². The summed E-state index contributed by atoms with van der Waals surface area (Å²) in [5.41, 5.74) is 7.28. The number of nitrogens with zero attached hydrogens (tertiary/aromatic N) is 1. The Morgan fingerprint density at radius 1 is 1.47 bits per heavy atom. The van der Waals surface area contributed by atoms with Crippen LogP contribution in [0.1, 0.15) is 5.56 Å². The van der Waals surface area contributed by atoms with Gasteiger partial charge in [0.05, 0.1) is 5.52 Å². The summed E-state index contributed by atoms with van der Waals surface area (Å²) in [5.74, 6) is -0.995. The van der Waals surface area contributed by atoms with Gasteiger partial charge in [-0.25, -0.2) is 0 Å². The van der Waals surface area contributed by atoms with Gasteiger partial charge in [-0.05, 0) is 36.2 Å². The predicted octanol–water partition coefficient (Wildman–Crippen LogP) is 1.95. The van der Waals surface area contributed by atoms with Crippen molar-refractivity contribution in [3.05, 3.63) is 40.5 Å². The molecule has 0 spiro atoms. The number of fused-ring (bicyclic) bond motifs is 1. The van der Waals surface area contributed by atoms with Crippen molar-refractivity contribution in [3.63, 3.8) is 0 Å². The molecule has 0 aliphatic rings. The molecule has 1 aromatic carbocycles. The second kappa shape index (κ2) is 4.81. The topological polar surface area (TPSA) is 76.2 Å². The Labute approximate surface area is 107 Å². The van der Waals surface area contributed by atoms with Crippen LogP contribution in [0, 0.1) is 0 Å². The number of carboxylic acids is 1. The molecule has 0 saturated heterocycles. The number of carboxylic acid groups (broad SMARTS) is 1. The Morgan fingerprint density at radius 3 is 2.94 bits per heavy atom. The van der Waals surface area contributed by atoms with E-state index in [2.05, 4.69) is 20.9 Å². The summed E-state index contributed by atoms with van der Waals surface area (Å²) in [6, 6.07) is 6.62. The van der Waals surface area contributed by atoms with Gasteiger partial charge >= 0.3 is 5.97 Å². The molecular formula is C12H11BrN2O2. The fraction of sp³-hybridized carbons (Fsp3) is 0.167. The Balaban J connectivity index is 2.46. The first-order valence-electron chi connectivity index (χ1n) is 5.09. The number of halogens is 1. The van der Waals surface area contributed by atoms with Crippen molar-refractivity contribution in [2.75, 3.05) is 0 Å². The van der Waals surface area contributed by atoms with Crippen LogP contribution >= 0.6 is 15.9 Å². The summed E-state index contributed by atoms with van der Waals surface area (Å²) in [6.07, 6.45) is 1.96. The fourth-order valence-corrected chi connectivity index (χ4v) is 2.04. The van der Waals surface area contributed by atoms with Crippen molar-refractivity contribution in [2.24, 2.45) is 5.73 Å². The molecule has 0 saturated carbocycles. The van der Waals surface area contributed by atoms with E-state index in [0.717, 1.165) is 20.9 Å². The molecule has 5 heteroatoms. The van der Waals surface area contributed by atoms with Gasteiger partial charge in [0, 0.05) is 16.1 Å². The van der Waals surface area contributed by atoms with Crippen molar-refractivity contribution in [2.45, 2.75) is 12.5 Å². The molecule has 0 aliphatic carbocycles. The summed E-state index contributed by atoms with van der Waals surface area (Å²) >= 11 is 3.39. The quantitative estimate of drug-likeness (QED) is 0.907. The van der Waals surface area contributed by atoms with E-state index in [0.29, 0.717) is 6.42 Å². The lowest BCUT2D eigenvalue weighted by Crippen LogP contribution is -2.32. The summed E-state index contributed by atoms with van der Waals surface area (Å²) in [4.78, 5) is 15.0. The molecule has 0 aliphatic heterocycles. The summed E-state index contributed by atoms with van der Waals surface area (Å²) < 4.78 is 0.933. The molecule has 1 heterocycles. The molecule has 0 amide bonds. The van der Waals surface area contributed by atoms with Crippen LogP contribution in [0.2, 0.25) is 0 Å². The fourth-order valence-electron chi connectivity index (χ4n) is 1.68. The molecule has 3 N–H and O–H groups in total. The number of aliphatic carboxylic acids is 1. The molecule has 2 rings (SSSR count). The zero-order valence-electron chi connectivity index (χ0n) is 8.93. The number of hydrogen-bond donors (Lipinski definition) is 2. The highest BCUT2D eigenvalue weighted by Crippen LogP contribution is 2.22. The van der Waals surface area contributed by atoms with Crippen molar-refractivity contribution in [3.8, 4) is 0 Å². The third-order valence-electron chi connectivity index (χ3n) is 2.55. The first-order valence-corrected chi connectivity index (χ1v) is 5.89. The highest BCUT2D eigenvalue weighted by atomic mass is 79.9. The number of benzene rings is 1. The van der Waals surface area contributed by atoms with Gasteiger partial charge in [0.25, 0.3) is 0 Å². The van der Waals surface area contributed by atoms with E-state index >= 15 is 0 Å². The maximum absolute atomic E-state index is 10.8. The van der Waals surface area contributed by atoms with E-state index in [4.69, 9.17) is 10.8 Å². The van der Waals surface area contributed by atoms with Gasteiger partial charge in [-0.3, -0.25) is 9.78 Å². The Morgan fingerprint density at radius 2 is 2.24 bits per heavy atom. The summed E-state index contributed by atoms with van der Waals surface area (Å²) in [5, 5.41) is 9.75. The van der Waals surface area contributed by atoms with Gasteiger partial charge in [-0.1, -0.05) is 15.9 Å². The van der Waals surface area contributed by atoms with Gasteiger partial charge in [0.1, 0.15) is 6.04 Å². The summed E-state index contributed by atoms with van der Waals surface area (Å²) in [6.45, 7) is 0. The number of rotatable bonds is 3. The highest BCUT2D eigenvalue weighted by Gasteiger charge is 2.14. The first-order chi connectivity index (χ1) is 8.08. The number of pyridine rings is 1. The van der Waals surface area contributed by atoms with Crippen LogP contribution in [0.5, 0.6) is 0 Å². The Bertz CT molecular complexity index is 571. The lowest BCUT2D eigenvalue weighted by Gasteiger charge is -2.09. The molecule has 0 bridgehead atoms. The number of aromatic nitrogens is 1. The standard InChI is InChI=1S/C12H11BrN2O2/c13-8-1-2-11-9(6-8)7(3-4-15-11)5-10(14)12(16)17/h1-4,6,10H,5,14H2,(H,16,17). The molecule has 1 aromatic heterocycles. The van der Waals surface area contributed by atoms with Crippen molar-refractivity contribution < 1.29 is 9.90 Å². The maximum atomic E-state index is 10.8. The van der Waals surface area contributed by atoms with E-state index in [9.17, 15) is 4.79 Å². The Kier molecular flexibility index (Phi) is 3.40. The molecule has 88 valence electrons. The normalized spacial score (nSPS) is 12.6. The van der Waals surface area contributed by atoms with Crippen LogP contribution < -0.4 is 5.73 Å². The van der Waals surface area contributed by atoms with Crippen molar-refractivity contribution in [1.82, 2.24) is 4.98 Å². The average molecular weight is 295 g/mol. The number of hydrogen-bond acceptors (Lipinski definition) is 3. The number of nitrogens with two attached hydrogens (primary N) is 1.